The number of hydrogen-bond donors (Lipinski definition) is 3. The van der Waals surface area contributed by atoms with Gasteiger partial charge in [0.1, 0.15) is 17.8 Å². The van der Waals surface area contributed by atoms with Crippen LogP contribution in [0.1, 0.15) is 77.6 Å². The number of unbranched alkanes of at least 4 members (excludes halogenated alkanes) is 9. The Kier molecular flexibility index (Phi) is 8.91. The largest absolute Gasteiger partial charge is 0.386 e. The van der Waals surface area contributed by atoms with Gasteiger partial charge >= 0.3 is 0 Å². The first-order chi connectivity index (χ1) is 10.5. The number of aliphatic hydroxyl groups excluding tert-OH is 2. The lowest BCUT2D eigenvalue weighted by Crippen LogP contribution is -2.56. The highest BCUT2D eigenvalue weighted by Gasteiger charge is 2.46. The molecule has 0 heterocycles. The van der Waals surface area contributed by atoms with Gasteiger partial charge in [-0.2, -0.15) is 0 Å². The predicted octanol–water partition coefficient (Wildman–Crippen LogP) is 2.89. The molecular weight excluding hydrogens is 280 g/mol. The highest BCUT2D eigenvalue weighted by molar-refractivity contribution is 5.95. The Morgan fingerprint density at radius 1 is 0.955 bits per heavy atom. The molecule has 4 nitrogen and oxygen atoms in total. The fourth-order valence-electron chi connectivity index (χ4n) is 3.03. The summed E-state index contributed by atoms with van der Waals surface area (Å²) < 4.78 is 0. The van der Waals surface area contributed by atoms with Gasteiger partial charge in [0, 0.05) is 0 Å². The fraction of sp³-hybridized carbons (Fsp3) is 0.833. The minimum Gasteiger partial charge on any atom is -0.386 e. The molecule has 0 radical (unpaired) electrons. The van der Waals surface area contributed by atoms with Crippen LogP contribution in [0.2, 0.25) is 0 Å². The lowest BCUT2D eigenvalue weighted by Gasteiger charge is -2.37. The molecule has 0 saturated carbocycles. The van der Waals surface area contributed by atoms with Crippen molar-refractivity contribution in [3.05, 3.63) is 12.2 Å². The predicted molar refractivity (Wildman–Crippen MR) is 87.6 cm³/mol. The summed E-state index contributed by atoms with van der Waals surface area (Å²) in [5.41, 5.74) is -1.72. The van der Waals surface area contributed by atoms with E-state index >= 15 is 0 Å². The second-order valence-corrected chi connectivity index (χ2v) is 6.53. The molecule has 128 valence electrons. The van der Waals surface area contributed by atoms with Gasteiger partial charge in [-0.15, -0.1) is 0 Å². The summed E-state index contributed by atoms with van der Waals surface area (Å²) in [5.74, 6) is -0.528. The van der Waals surface area contributed by atoms with E-state index in [1.165, 1.54) is 51.0 Å². The first kappa shape index (κ1) is 19.3. The van der Waals surface area contributed by atoms with Gasteiger partial charge in [0.25, 0.3) is 0 Å². The second kappa shape index (κ2) is 10.1. The quantitative estimate of drug-likeness (QED) is 0.513. The van der Waals surface area contributed by atoms with E-state index in [1.807, 2.05) is 0 Å². The van der Waals surface area contributed by atoms with E-state index in [0.29, 0.717) is 6.42 Å². The molecule has 0 aliphatic heterocycles. The van der Waals surface area contributed by atoms with E-state index in [0.717, 1.165) is 18.9 Å². The van der Waals surface area contributed by atoms with Gasteiger partial charge in [0.05, 0.1) is 0 Å². The lowest BCUT2D eigenvalue weighted by atomic mass is 9.79. The summed E-state index contributed by atoms with van der Waals surface area (Å²) in [4.78, 5) is 11.4. The molecule has 22 heavy (non-hydrogen) atoms. The van der Waals surface area contributed by atoms with Crippen LogP contribution < -0.4 is 0 Å². The molecule has 0 saturated heterocycles. The standard InChI is InChI=1S/C18H32O4/c1-2-3-4-5-6-7-8-9-10-11-14-18(22)16(20)13-12-15(19)17(18)21/h12-13,16-17,20-22H,2-11,14H2,1H3. The van der Waals surface area contributed by atoms with Crippen LogP contribution in [0.25, 0.3) is 0 Å². The summed E-state index contributed by atoms with van der Waals surface area (Å²) in [6, 6.07) is 0. The van der Waals surface area contributed by atoms with Crippen LogP contribution in [0.4, 0.5) is 0 Å². The van der Waals surface area contributed by atoms with Gasteiger partial charge in [0.2, 0.25) is 0 Å². The summed E-state index contributed by atoms with van der Waals surface area (Å²) in [5, 5.41) is 29.9. The van der Waals surface area contributed by atoms with Crippen molar-refractivity contribution in [1.29, 1.82) is 0 Å². The number of aliphatic hydroxyl groups is 3. The topological polar surface area (TPSA) is 77.8 Å². The van der Waals surface area contributed by atoms with Crippen molar-refractivity contribution in [2.24, 2.45) is 0 Å². The van der Waals surface area contributed by atoms with Crippen LogP contribution >= 0.6 is 0 Å². The van der Waals surface area contributed by atoms with Crippen molar-refractivity contribution in [3.8, 4) is 0 Å². The van der Waals surface area contributed by atoms with Gasteiger partial charge < -0.3 is 15.3 Å². The zero-order valence-corrected chi connectivity index (χ0v) is 13.8. The third-order valence-corrected chi connectivity index (χ3v) is 4.63. The molecule has 3 N–H and O–H groups in total. The molecule has 0 fully saturated rings. The first-order valence-corrected chi connectivity index (χ1v) is 8.83. The van der Waals surface area contributed by atoms with E-state index in [1.54, 1.807) is 0 Å². The molecular formula is C18H32O4. The molecule has 3 unspecified atom stereocenters. The zero-order chi connectivity index (χ0) is 16.4. The lowest BCUT2D eigenvalue weighted by molar-refractivity contribution is -0.160. The number of hydrogen-bond acceptors (Lipinski definition) is 4. The highest BCUT2D eigenvalue weighted by Crippen LogP contribution is 2.28. The van der Waals surface area contributed by atoms with Crippen LogP contribution in [-0.4, -0.2) is 38.9 Å². The van der Waals surface area contributed by atoms with Crippen LogP contribution in [0.5, 0.6) is 0 Å². The SMILES string of the molecule is CCCCCCCCCCCCC1(O)C(O)C=CC(=O)C1O. The van der Waals surface area contributed by atoms with Crippen molar-refractivity contribution in [1.82, 2.24) is 0 Å². The summed E-state index contributed by atoms with van der Waals surface area (Å²) in [6.07, 6.45) is 11.7. The molecule has 0 bridgehead atoms. The van der Waals surface area contributed by atoms with Crippen molar-refractivity contribution >= 4 is 5.78 Å². The first-order valence-electron chi connectivity index (χ1n) is 8.83. The average molecular weight is 312 g/mol. The third kappa shape index (κ3) is 5.82. The Labute approximate surface area is 134 Å². The van der Waals surface area contributed by atoms with Crippen LogP contribution in [-0.2, 0) is 4.79 Å². The molecule has 0 aromatic rings. The maximum absolute atomic E-state index is 11.4. The van der Waals surface area contributed by atoms with E-state index in [9.17, 15) is 20.1 Å². The molecule has 1 rings (SSSR count). The minimum atomic E-state index is -1.72. The molecule has 0 amide bonds. The Bertz CT molecular complexity index is 353. The summed E-state index contributed by atoms with van der Waals surface area (Å²) >= 11 is 0. The van der Waals surface area contributed by atoms with Gasteiger partial charge in [-0.25, -0.2) is 0 Å². The molecule has 0 spiro atoms. The maximum atomic E-state index is 11.4. The molecule has 0 aromatic carbocycles. The van der Waals surface area contributed by atoms with E-state index in [4.69, 9.17) is 0 Å². The van der Waals surface area contributed by atoms with E-state index in [-0.39, 0.29) is 6.42 Å². The van der Waals surface area contributed by atoms with Crippen molar-refractivity contribution in [2.45, 2.75) is 95.4 Å². The number of carbonyl (C=O) groups excluding carboxylic acids is 1. The fourth-order valence-corrected chi connectivity index (χ4v) is 3.03. The second-order valence-electron chi connectivity index (χ2n) is 6.53. The molecule has 1 aliphatic rings. The summed E-state index contributed by atoms with van der Waals surface area (Å²) in [6.45, 7) is 2.22. The van der Waals surface area contributed by atoms with Gasteiger partial charge in [-0.05, 0) is 18.6 Å². The van der Waals surface area contributed by atoms with E-state index in [2.05, 4.69) is 6.92 Å². The number of carbonyl (C=O) groups is 1. The smallest absolute Gasteiger partial charge is 0.186 e. The highest BCUT2D eigenvalue weighted by atomic mass is 16.4. The van der Waals surface area contributed by atoms with Crippen molar-refractivity contribution in [3.63, 3.8) is 0 Å². The monoisotopic (exact) mass is 312 g/mol. The third-order valence-electron chi connectivity index (χ3n) is 4.63. The van der Waals surface area contributed by atoms with E-state index < -0.39 is 23.6 Å². The zero-order valence-electron chi connectivity index (χ0n) is 13.8. The van der Waals surface area contributed by atoms with Gasteiger partial charge in [-0.3, -0.25) is 4.79 Å². The normalized spacial score (nSPS) is 28.3. The molecule has 4 heteroatoms. The Hall–Kier alpha value is -0.710. The Morgan fingerprint density at radius 3 is 2.00 bits per heavy atom. The Balaban J connectivity index is 2.11. The van der Waals surface area contributed by atoms with Crippen molar-refractivity contribution < 1.29 is 20.1 Å². The Morgan fingerprint density at radius 2 is 1.45 bits per heavy atom. The van der Waals surface area contributed by atoms with Gasteiger partial charge in [0.15, 0.2) is 5.78 Å². The molecule has 3 atom stereocenters. The van der Waals surface area contributed by atoms with Crippen LogP contribution in [0, 0.1) is 0 Å². The maximum Gasteiger partial charge on any atom is 0.186 e. The molecule has 0 aromatic heterocycles. The van der Waals surface area contributed by atoms with Crippen LogP contribution in [0.15, 0.2) is 12.2 Å². The van der Waals surface area contributed by atoms with Crippen LogP contribution in [0.3, 0.4) is 0 Å². The summed E-state index contributed by atoms with van der Waals surface area (Å²) in [7, 11) is 0. The average Bonchev–Trinajstić information content (AvgIpc) is 2.51. The van der Waals surface area contributed by atoms with Gasteiger partial charge in [-0.1, -0.05) is 71.1 Å². The minimum absolute atomic E-state index is 0.252. The number of ketones is 1. The van der Waals surface area contributed by atoms with Crippen molar-refractivity contribution in [2.75, 3.05) is 0 Å². The number of rotatable bonds is 11. The molecule has 1 aliphatic carbocycles.